The minimum atomic E-state index is -0.727. The monoisotopic (exact) mass is 303 g/mol. The van der Waals surface area contributed by atoms with Gasteiger partial charge in [-0.3, -0.25) is 9.59 Å². The molecule has 0 atom stereocenters. The molecule has 1 aromatic rings. The van der Waals surface area contributed by atoms with Crippen molar-refractivity contribution in [2.24, 2.45) is 5.73 Å². The van der Waals surface area contributed by atoms with E-state index in [0.29, 0.717) is 18.7 Å². The maximum absolute atomic E-state index is 12.3. The molecule has 5 nitrogen and oxygen atoms in total. The van der Waals surface area contributed by atoms with E-state index in [2.05, 4.69) is 10.6 Å². The van der Waals surface area contributed by atoms with Crippen LogP contribution in [0.2, 0.25) is 0 Å². The van der Waals surface area contributed by atoms with Crippen LogP contribution in [0.3, 0.4) is 0 Å². The zero-order valence-electron chi connectivity index (χ0n) is 13.2. The quantitative estimate of drug-likeness (QED) is 0.774. The zero-order valence-corrected chi connectivity index (χ0v) is 13.2. The highest BCUT2D eigenvalue weighted by Crippen LogP contribution is 2.26. The van der Waals surface area contributed by atoms with Gasteiger partial charge in [-0.15, -0.1) is 0 Å². The summed E-state index contributed by atoms with van der Waals surface area (Å²) >= 11 is 0. The molecule has 0 unspecified atom stereocenters. The van der Waals surface area contributed by atoms with Gasteiger partial charge in [-0.05, 0) is 37.5 Å². The van der Waals surface area contributed by atoms with Crippen LogP contribution < -0.4 is 16.4 Å². The summed E-state index contributed by atoms with van der Waals surface area (Å²) in [5.41, 5.74) is 6.99. The largest absolute Gasteiger partial charge is 0.352 e. The van der Waals surface area contributed by atoms with Crippen LogP contribution in [0.15, 0.2) is 24.3 Å². The fourth-order valence-electron chi connectivity index (χ4n) is 2.85. The van der Waals surface area contributed by atoms with E-state index in [1.54, 1.807) is 12.1 Å². The van der Waals surface area contributed by atoms with Crippen LogP contribution >= 0.6 is 0 Å². The van der Waals surface area contributed by atoms with Gasteiger partial charge in [-0.1, -0.05) is 31.4 Å². The smallest absolute Gasteiger partial charge is 0.251 e. The summed E-state index contributed by atoms with van der Waals surface area (Å²) in [6.45, 7) is 2.87. The first kappa shape index (κ1) is 16.5. The maximum Gasteiger partial charge on any atom is 0.251 e. The van der Waals surface area contributed by atoms with Gasteiger partial charge >= 0.3 is 0 Å². The average Bonchev–Trinajstić information content (AvgIpc) is 2.54. The molecule has 2 rings (SSSR count). The zero-order chi connectivity index (χ0) is 16.0. The van der Waals surface area contributed by atoms with Crippen LogP contribution in [0.25, 0.3) is 0 Å². The van der Waals surface area contributed by atoms with Crippen molar-refractivity contribution < 1.29 is 9.59 Å². The second-order valence-electron chi connectivity index (χ2n) is 5.96. The number of carbonyl (C=O) groups excluding carboxylic acids is 2. The third kappa shape index (κ3) is 4.07. The minimum Gasteiger partial charge on any atom is -0.352 e. The Bertz CT molecular complexity index is 536. The Morgan fingerprint density at radius 2 is 1.91 bits per heavy atom. The van der Waals surface area contributed by atoms with Crippen LogP contribution in [-0.4, -0.2) is 23.9 Å². The third-order valence-corrected chi connectivity index (χ3v) is 4.18. The van der Waals surface area contributed by atoms with E-state index in [4.69, 9.17) is 5.73 Å². The van der Waals surface area contributed by atoms with E-state index < -0.39 is 5.54 Å². The summed E-state index contributed by atoms with van der Waals surface area (Å²) in [4.78, 5) is 24.1. The first-order valence-corrected chi connectivity index (χ1v) is 7.99. The molecule has 4 N–H and O–H groups in total. The van der Waals surface area contributed by atoms with E-state index >= 15 is 0 Å². The van der Waals surface area contributed by atoms with E-state index in [9.17, 15) is 9.59 Å². The molecule has 0 aliphatic heterocycles. The minimum absolute atomic E-state index is 0.0874. The molecule has 1 saturated carbocycles. The summed E-state index contributed by atoms with van der Waals surface area (Å²) in [6.07, 6.45) is 4.67. The Balaban J connectivity index is 1.95. The van der Waals surface area contributed by atoms with Crippen LogP contribution in [0.1, 0.15) is 54.9 Å². The molecule has 0 bridgehead atoms. The molecular weight excluding hydrogens is 278 g/mol. The molecule has 0 spiro atoms. The SMILES string of the molecule is CCNC(=O)c1cccc(CNC(=O)C2(N)CCCCC2)c1. The fourth-order valence-corrected chi connectivity index (χ4v) is 2.85. The molecule has 0 radical (unpaired) electrons. The first-order valence-electron chi connectivity index (χ1n) is 7.99. The molecule has 1 aliphatic rings. The molecule has 2 amide bonds. The number of carbonyl (C=O) groups is 2. The predicted octanol–water partition coefficient (Wildman–Crippen LogP) is 1.71. The summed E-state index contributed by atoms with van der Waals surface area (Å²) in [5.74, 6) is -0.186. The number of nitrogens with two attached hydrogens (primary N) is 1. The molecule has 0 aromatic heterocycles. The molecule has 5 heteroatoms. The molecule has 1 aromatic carbocycles. The van der Waals surface area contributed by atoms with Crippen molar-refractivity contribution in [1.82, 2.24) is 10.6 Å². The first-order chi connectivity index (χ1) is 10.5. The molecule has 22 heavy (non-hydrogen) atoms. The number of rotatable bonds is 5. The van der Waals surface area contributed by atoms with Gasteiger partial charge < -0.3 is 16.4 Å². The number of amides is 2. The molecule has 0 saturated heterocycles. The Kier molecular flexibility index (Phi) is 5.55. The van der Waals surface area contributed by atoms with Crippen molar-refractivity contribution in [2.45, 2.75) is 51.1 Å². The van der Waals surface area contributed by atoms with Crippen molar-refractivity contribution >= 4 is 11.8 Å². The summed E-state index contributed by atoms with van der Waals surface area (Å²) in [7, 11) is 0. The molecule has 1 aliphatic carbocycles. The van der Waals surface area contributed by atoms with Crippen molar-refractivity contribution in [2.75, 3.05) is 6.54 Å². The molecule has 120 valence electrons. The van der Waals surface area contributed by atoms with Gasteiger partial charge in [0, 0.05) is 18.7 Å². The van der Waals surface area contributed by atoms with Crippen molar-refractivity contribution in [3.63, 3.8) is 0 Å². The van der Waals surface area contributed by atoms with Crippen LogP contribution in [0.4, 0.5) is 0 Å². The van der Waals surface area contributed by atoms with E-state index in [-0.39, 0.29) is 11.8 Å². The van der Waals surface area contributed by atoms with Crippen molar-refractivity contribution in [1.29, 1.82) is 0 Å². The lowest BCUT2D eigenvalue weighted by molar-refractivity contribution is -0.127. The van der Waals surface area contributed by atoms with E-state index in [1.165, 1.54) is 0 Å². The number of hydrogen-bond donors (Lipinski definition) is 3. The highest BCUT2D eigenvalue weighted by Gasteiger charge is 2.34. The van der Waals surface area contributed by atoms with Crippen molar-refractivity contribution in [3.8, 4) is 0 Å². The second-order valence-corrected chi connectivity index (χ2v) is 5.96. The third-order valence-electron chi connectivity index (χ3n) is 4.18. The summed E-state index contributed by atoms with van der Waals surface area (Å²) in [5, 5.41) is 5.68. The standard InChI is InChI=1S/C17H25N3O2/c1-2-19-15(21)14-8-6-7-13(11-14)12-20-16(22)17(18)9-4-3-5-10-17/h6-8,11H,2-5,9-10,12,18H2,1H3,(H,19,21)(H,20,22). The number of benzene rings is 1. The lowest BCUT2D eigenvalue weighted by Crippen LogP contribution is -2.54. The van der Waals surface area contributed by atoms with Crippen LogP contribution in [0.5, 0.6) is 0 Å². The van der Waals surface area contributed by atoms with Gasteiger partial charge in [0.2, 0.25) is 5.91 Å². The van der Waals surface area contributed by atoms with Gasteiger partial charge in [0.25, 0.3) is 5.91 Å². The van der Waals surface area contributed by atoms with Crippen molar-refractivity contribution in [3.05, 3.63) is 35.4 Å². The Morgan fingerprint density at radius 3 is 2.59 bits per heavy atom. The Hall–Kier alpha value is -1.88. The highest BCUT2D eigenvalue weighted by atomic mass is 16.2. The summed E-state index contributed by atoms with van der Waals surface area (Å²) in [6, 6.07) is 7.29. The Labute approximate surface area is 131 Å². The molecule has 0 heterocycles. The van der Waals surface area contributed by atoms with Gasteiger partial charge in [-0.2, -0.15) is 0 Å². The van der Waals surface area contributed by atoms with Gasteiger partial charge in [0.1, 0.15) is 0 Å². The van der Waals surface area contributed by atoms with Gasteiger partial charge in [0.05, 0.1) is 5.54 Å². The van der Waals surface area contributed by atoms with Gasteiger partial charge in [-0.25, -0.2) is 0 Å². The number of nitrogens with one attached hydrogen (secondary N) is 2. The molecule has 1 fully saturated rings. The lowest BCUT2D eigenvalue weighted by atomic mass is 9.82. The Morgan fingerprint density at radius 1 is 1.18 bits per heavy atom. The van der Waals surface area contributed by atoms with E-state index in [0.717, 1.165) is 37.7 Å². The maximum atomic E-state index is 12.3. The van der Waals surface area contributed by atoms with Crippen LogP contribution in [0, 0.1) is 0 Å². The topological polar surface area (TPSA) is 84.2 Å². The summed E-state index contributed by atoms with van der Waals surface area (Å²) < 4.78 is 0. The predicted molar refractivity (Wildman–Crippen MR) is 86.3 cm³/mol. The average molecular weight is 303 g/mol. The van der Waals surface area contributed by atoms with Gasteiger partial charge in [0.15, 0.2) is 0 Å². The normalized spacial score (nSPS) is 16.8. The number of hydrogen-bond acceptors (Lipinski definition) is 3. The van der Waals surface area contributed by atoms with E-state index in [1.807, 2.05) is 19.1 Å². The second kappa shape index (κ2) is 7.40. The highest BCUT2D eigenvalue weighted by molar-refractivity contribution is 5.94. The van der Waals surface area contributed by atoms with Crippen LogP contribution in [-0.2, 0) is 11.3 Å². The molecular formula is C17H25N3O2. The fraction of sp³-hybridized carbons (Fsp3) is 0.529. The lowest BCUT2D eigenvalue weighted by Gasteiger charge is -2.31.